The Balaban J connectivity index is 4.23. The summed E-state index contributed by atoms with van der Waals surface area (Å²) in [7, 11) is 1.27. The minimum absolute atomic E-state index is 0.000570. The number of phosphoric acid groups is 1. The minimum Gasteiger partial charge on any atom is -0.756 e. The molecule has 0 rings (SSSR count). The standard InChI is InChI=1S/C49H97N2O6P/c1-6-8-10-12-14-16-18-20-21-22-23-24-25-26-27-28-29-31-33-35-37-39-41-43-49(53)50-47(46-57-58(54,55)56-45-44-51(3,4)5)48(52)42-40-38-36-34-32-30-19-17-15-13-11-9-7-2/h20-21,40,42,47-48,52H,6-19,22-39,41,43-46H2,1-5H3,(H-,50,53,54,55)/b21-20+,42-40+/t47-,48+/m0/s1. The number of carbonyl (C=O) groups excluding carboxylic acids is 1. The van der Waals surface area contributed by atoms with Crippen molar-refractivity contribution >= 4 is 13.7 Å². The summed E-state index contributed by atoms with van der Waals surface area (Å²) in [6, 6.07) is -0.882. The Labute approximate surface area is 360 Å². The molecule has 0 saturated carbocycles. The van der Waals surface area contributed by atoms with Crippen molar-refractivity contribution in [1.29, 1.82) is 0 Å². The summed E-state index contributed by atoms with van der Waals surface area (Å²) in [5, 5.41) is 13.8. The van der Waals surface area contributed by atoms with Crippen molar-refractivity contribution < 1.29 is 32.9 Å². The van der Waals surface area contributed by atoms with Crippen molar-refractivity contribution in [2.45, 2.75) is 244 Å². The first-order valence-corrected chi connectivity index (χ1v) is 26.2. The van der Waals surface area contributed by atoms with Gasteiger partial charge in [-0.2, -0.15) is 0 Å². The highest BCUT2D eigenvalue weighted by Crippen LogP contribution is 2.38. The highest BCUT2D eigenvalue weighted by molar-refractivity contribution is 7.45. The summed E-state index contributed by atoms with van der Waals surface area (Å²) in [4.78, 5) is 25.3. The monoisotopic (exact) mass is 841 g/mol. The maximum absolute atomic E-state index is 12.9. The number of rotatable bonds is 45. The summed E-state index contributed by atoms with van der Waals surface area (Å²) in [5.74, 6) is -0.196. The summed E-state index contributed by atoms with van der Waals surface area (Å²) in [6.45, 7) is 4.65. The molecule has 0 radical (unpaired) electrons. The van der Waals surface area contributed by atoms with Crippen LogP contribution in [0.5, 0.6) is 0 Å². The number of nitrogens with zero attached hydrogens (tertiary/aromatic N) is 1. The SMILES string of the molecule is CCCCCCCC/C=C/CCCCCCCCCCCCCCCC(=O)N[C@@H](COP(=O)([O-])OCC[N+](C)(C)C)[C@H](O)/C=C/CCCCCCCCCCCCC. The third kappa shape index (κ3) is 43.1. The van der Waals surface area contributed by atoms with Gasteiger partial charge in [0, 0.05) is 6.42 Å². The summed E-state index contributed by atoms with van der Waals surface area (Å²) in [5.41, 5.74) is 0. The first-order chi connectivity index (χ1) is 28.0. The molecule has 0 aliphatic rings. The van der Waals surface area contributed by atoms with E-state index in [0.29, 0.717) is 17.4 Å². The van der Waals surface area contributed by atoms with Gasteiger partial charge in [-0.1, -0.05) is 205 Å². The second-order valence-electron chi connectivity index (χ2n) is 18.2. The van der Waals surface area contributed by atoms with Crippen LogP contribution in [0.15, 0.2) is 24.3 Å². The number of aliphatic hydroxyl groups is 1. The lowest BCUT2D eigenvalue weighted by atomic mass is 10.0. The maximum Gasteiger partial charge on any atom is 0.268 e. The van der Waals surface area contributed by atoms with Crippen LogP contribution in [-0.2, 0) is 18.4 Å². The van der Waals surface area contributed by atoms with Crippen LogP contribution in [0.3, 0.4) is 0 Å². The number of unbranched alkanes of at least 4 members (excludes halogenated alkanes) is 30. The fraction of sp³-hybridized carbons (Fsp3) is 0.898. The van der Waals surface area contributed by atoms with Gasteiger partial charge in [0.05, 0.1) is 39.9 Å². The van der Waals surface area contributed by atoms with Gasteiger partial charge in [0.2, 0.25) is 5.91 Å². The quantitative estimate of drug-likeness (QED) is 0.0274. The summed E-state index contributed by atoms with van der Waals surface area (Å²) < 4.78 is 23.2. The molecular formula is C49H97N2O6P. The van der Waals surface area contributed by atoms with Crippen molar-refractivity contribution in [3.05, 3.63) is 24.3 Å². The number of aliphatic hydroxyl groups excluding tert-OH is 1. The minimum atomic E-state index is -4.58. The van der Waals surface area contributed by atoms with Gasteiger partial charge in [0.15, 0.2) is 0 Å². The number of allylic oxidation sites excluding steroid dienone is 3. The van der Waals surface area contributed by atoms with Gasteiger partial charge in [0.25, 0.3) is 7.82 Å². The zero-order chi connectivity index (χ0) is 42.8. The van der Waals surface area contributed by atoms with Crippen LogP contribution in [0, 0.1) is 0 Å². The smallest absolute Gasteiger partial charge is 0.268 e. The Morgan fingerprint density at radius 2 is 0.948 bits per heavy atom. The number of likely N-dealkylation sites (N-methyl/N-ethyl adjacent to an activating group) is 1. The van der Waals surface area contributed by atoms with Crippen LogP contribution in [0.25, 0.3) is 0 Å². The zero-order valence-electron chi connectivity index (χ0n) is 39.0. The van der Waals surface area contributed by atoms with E-state index in [0.717, 1.165) is 38.5 Å². The van der Waals surface area contributed by atoms with Crippen LogP contribution >= 0.6 is 7.82 Å². The number of phosphoric ester groups is 1. The molecule has 2 N–H and O–H groups in total. The van der Waals surface area contributed by atoms with E-state index in [4.69, 9.17) is 9.05 Å². The fourth-order valence-electron chi connectivity index (χ4n) is 7.21. The number of amides is 1. The van der Waals surface area contributed by atoms with E-state index in [1.807, 2.05) is 27.2 Å². The van der Waals surface area contributed by atoms with Crippen LogP contribution in [0.4, 0.5) is 0 Å². The Kier molecular flexibility index (Phi) is 40.6. The molecule has 1 unspecified atom stereocenters. The highest BCUT2D eigenvalue weighted by atomic mass is 31.2. The molecule has 0 aliphatic carbocycles. The van der Waals surface area contributed by atoms with E-state index < -0.39 is 20.0 Å². The molecule has 0 bridgehead atoms. The molecular weight excluding hydrogens is 744 g/mol. The van der Waals surface area contributed by atoms with Gasteiger partial charge in [-0.3, -0.25) is 9.36 Å². The zero-order valence-corrected chi connectivity index (χ0v) is 39.9. The van der Waals surface area contributed by atoms with Gasteiger partial charge in [-0.15, -0.1) is 0 Å². The van der Waals surface area contributed by atoms with Gasteiger partial charge in [0.1, 0.15) is 13.2 Å². The molecule has 9 heteroatoms. The molecule has 344 valence electrons. The Morgan fingerprint density at radius 1 is 0.586 bits per heavy atom. The van der Waals surface area contributed by atoms with Gasteiger partial charge < -0.3 is 28.8 Å². The van der Waals surface area contributed by atoms with E-state index in [-0.39, 0.29) is 19.1 Å². The predicted octanol–water partition coefficient (Wildman–Crippen LogP) is 13.5. The average Bonchev–Trinajstić information content (AvgIpc) is 3.17. The Morgan fingerprint density at radius 3 is 1.34 bits per heavy atom. The van der Waals surface area contributed by atoms with E-state index in [2.05, 4.69) is 31.3 Å². The third-order valence-corrected chi connectivity index (χ3v) is 12.1. The van der Waals surface area contributed by atoms with Crippen molar-refractivity contribution in [3.8, 4) is 0 Å². The van der Waals surface area contributed by atoms with Crippen molar-refractivity contribution in [2.24, 2.45) is 0 Å². The molecule has 0 heterocycles. The Bertz CT molecular complexity index is 1000. The summed E-state index contributed by atoms with van der Waals surface area (Å²) >= 11 is 0. The Hall–Kier alpha value is -1.02. The molecule has 0 aliphatic heterocycles. The second kappa shape index (κ2) is 41.3. The van der Waals surface area contributed by atoms with Crippen molar-refractivity contribution in [3.63, 3.8) is 0 Å². The van der Waals surface area contributed by atoms with E-state index >= 15 is 0 Å². The summed E-state index contributed by atoms with van der Waals surface area (Å²) in [6.07, 6.45) is 49.4. The first kappa shape index (κ1) is 57.0. The van der Waals surface area contributed by atoms with Crippen LogP contribution in [0.2, 0.25) is 0 Å². The number of hydrogen-bond acceptors (Lipinski definition) is 6. The number of nitrogens with one attached hydrogen (secondary N) is 1. The molecule has 1 amide bonds. The molecule has 0 spiro atoms. The lowest BCUT2D eigenvalue weighted by molar-refractivity contribution is -0.870. The van der Waals surface area contributed by atoms with E-state index in [1.54, 1.807) is 6.08 Å². The predicted molar refractivity (Wildman–Crippen MR) is 247 cm³/mol. The average molecular weight is 841 g/mol. The number of quaternary nitrogens is 1. The van der Waals surface area contributed by atoms with Crippen LogP contribution in [0.1, 0.15) is 232 Å². The molecule has 0 saturated heterocycles. The van der Waals surface area contributed by atoms with Gasteiger partial charge in [-0.25, -0.2) is 0 Å². The largest absolute Gasteiger partial charge is 0.756 e. The number of carbonyl (C=O) groups is 1. The number of hydrogen-bond donors (Lipinski definition) is 2. The van der Waals surface area contributed by atoms with E-state index in [1.165, 1.54) is 173 Å². The molecule has 0 aromatic rings. The van der Waals surface area contributed by atoms with Gasteiger partial charge in [-0.05, 0) is 44.9 Å². The fourth-order valence-corrected chi connectivity index (χ4v) is 7.93. The van der Waals surface area contributed by atoms with Crippen LogP contribution in [-0.4, -0.2) is 68.5 Å². The highest BCUT2D eigenvalue weighted by Gasteiger charge is 2.23. The maximum atomic E-state index is 12.9. The topological polar surface area (TPSA) is 108 Å². The molecule has 58 heavy (non-hydrogen) atoms. The lowest BCUT2D eigenvalue weighted by Gasteiger charge is -2.29. The van der Waals surface area contributed by atoms with Gasteiger partial charge >= 0.3 is 0 Å². The molecule has 3 atom stereocenters. The van der Waals surface area contributed by atoms with Crippen molar-refractivity contribution in [2.75, 3.05) is 40.9 Å². The molecule has 0 aromatic heterocycles. The third-order valence-electron chi connectivity index (χ3n) is 11.2. The van der Waals surface area contributed by atoms with Crippen molar-refractivity contribution in [1.82, 2.24) is 5.32 Å². The lowest BCUT2D eigenvalue weighted by Crippen LogP contribution is -2.45. The van der Waals surface area contributed by atoms with E-state index in [9.17, 15) is 19.4 Å². The molecule has 0 aromatic carbocycles. The first-order valence-electron chi connectivity index (χ1n) is 24.7. The molecule has 8 nitrogen and oxygen atoms in total. The second-order valence-corrected chi connectivity index (χ2v) is 19.6. The molecule has 0 fully saturated rings. The van der Waals surface area contributed by atoms with Crippen LogP contribution < -0.4 is 10.2 Å². The normalized spacial score (nSPS) is 14.4.